The minimum Gasteiger partial charge on any atom is -0.462 e. The van der Waals surface area contributed by atoms with E-state index in [0.717, 1.165) is 11.5 Å². The van der Waals surface area contributed by atoms with Crippen molar-refractivity contribution in [3.8, 4) is 11.3 Å². The summed E-state index contributed by atoms with van der Waals surface area (Å²) in [6.07, 6.45) is 0. The molecule has 2 amide bonds. The fourth-order valence-corrected chi connectivity index (χ4v) is 6.90. The van der Waals surface area contributed by atoms with E-state index in [4.69, 9.17) is 4.74 Å². The van der Waals surface area contributed by atoms with E-state index in [0.29, 0.717) is 31.0 Å². The van der Waals surface area contributed by atoms with Gasteiger partial charge < -0.3 is 4.74 Å². The summed E-state index contributed by atoms with van der Waals surface area (Å²) >= 11 is 0.836. The van der Waals surface area contributed by atoms with Crippen LogP contribution in [0.1, 0.15) is 28.4 Å². The largest absolute Gasteiger partial charge is 0.462 e. The fourth-order valence-electron chi connectivity index (χ4n) is 4.44. The number of azo groups is 1. The Hall–Kier alpha value is -4.75. The van der Waals surface area contributed by atoms with Crippen molar-refractivity contribution in [2.24, 2.45) is 10.2 Å². The van der Waals surface area contributed by atoms with Crippen molar-refractivity contribution in [1.82, 2.24) is 4.37 Å². The molecular formula is C29H25N5O6S2. The number of amides is 2. The molecule has 13 heteroatoms. The molecule has 0 bridgehead atoms. The number of aromatic nitrogens is 1. The summed E-state index contributed by atoms with van der Waals surface area (Å²) in [5.41, 5.74) is 2.08. The van der Waals surface area contributed by atoms with E-state index in [9.17, 15) is 22.8 Å². The van der Waals surface area contributed by atoms with Crippen molar-refractivity contribution in [3.05, 3.63) is 95.6 Å². The second-order valence-corrected chi connectivity index (χ2v) is 11.6. The Morgan fingerprint density at radius 1 is 0.881 bits per heavy atom. The number of rotatable bonds is 7. The third-order valence-corrected chi connectivity index (χ3v) is 8.87. The van der Waals surface area contributed by atoms with Gasteiger partial charge in [-0.15, -0.1) is 5.11 Å². The molecule has 1 aromatic heterocycles. The number of hydrogen-bond donors (Lipinski definition) is 0. The predicted molar refractivity (Wildman–Crippen MR) is 158 cm³/mol. The van der Waals surface area contributed by atoms with E-state index in [1.54, 1.807) is 81.4 Å². The highest BCUT2D eigenvalue weighted by atomic mass is 32.2. The number of esters is 1. The number of carbonyl (C=O) groups excluding carboxylic acids is 3. The average Bonchev–Trinajstić information content (AvgIpc) is 3.39. The predicted octanol–water partition coefficient (Wildman–Crippen LogP) is 5.38. The molecule has 1 aliphatic rings. The lowest BCUT2D eigenvalue weighted by Crippen LogP contribution is -2.62. The third-order valence-electron chi connectivity index (χ3n) is 6.46. The smallest absolute Gasteiger partial charge is 0.343 e. The van der Waals surface area contributed by atoms with E-state index in [1.807, 2.05) is 6.07 Å². The zero-order chi connectivity index (χ0) is 30.0. The molecule has 0 spiro atoms. The van der Waals surface area contributed by atoms with Crippen molar-refractivity contribution in [2.45, 2.75) is 26.8 Å². The molecule has 0 aliphatic carbocycles. The van der Waals surface area contributed by atoms with Crippen LogP contribution in [0.4, 0.5) is 16.4 Å². The monoisotopic (exact) mass is 603 g/mol. The summed E-state index contributed by atoms with van der Waals surface area (Å²) in [6.45, 7) is 5.05. The normalized spacial score (nSPS) is 15.4. The number of aryl methyl sites for hydroxylation is 2. The van der Waals surface area contributed by atoms with Gasteiger partial charge in [-0.05, 0) is 55.6 Å². The summed E-state index contributed by atoms with van der Waals surface area (Å²) in [6, 6.07) is 19.9. The highest BCUT2D eigenvalue weighted by Gasteiger charge is 2.52. The molecule has 2 heterocycles. The number of carbonyl (C=O) groups is 3. The zero-order valence-electron chi connectivity index (χ0n) is 22.8. The van der Waals surface area contributed by atoms with Crippen LogP contribution in [-0.2, 0) is 24.5 Å². The number of para-hydroxylation sites is 2. The van der Waals surface area contributed by atoms with Crippen molar-refractivity contribution < 1.29 is 27.5 Å². The molecule has 0 saturated carbocycles. The minimum absolute atomic E-state index is 0.00576. The number of nitrogens with zero attached hydrogens (tertiary/aromatic N) is 5. The molecule has 0 unspecified atom stereocenters. The molecule has 1 saturated heterocycles. The van der Waals surface area contributed by atoms with Gasteiger partial charge in [0.1, 0.15) is 11.3 Å². The summed E-state index contributed by atoms with van der Waals surface area (Å²) in [5.74, 6) is -2.91. The molecule has 5 rings (SSSR count). The lowest BCUT2D eigenvalue weighted by atomic mass is 10.1. The maximum Gasteiger partial charge on any atom is 0.343 e. The van der Waals surface area contributed by atoms with Crippen molar-refractivity contribution in [2.75, 3.05) is 15.2 Å². The molecule has 11 nitrogen and oxygen atoms in total. The van der Waals surface area contributed by atoms with Crippen LogP contribution in [0.5, 0.6) is 0 Å². The van der Waals surface area contributed by atoms with Crippen molar-refractivity contribution in [3.63, 3.8) is 0 Å². The Labute approximate surface area is 246 Å². The van der Waals surface area contributed by atoms with Gasteiger partial charge in [-0.1, -0.05) is 66.7 Å². The molecule has 3 aromatic carbocycles. The molecule has 0 atom stereocenters. The molecule has 0 N–H and O–H groups in total. The molecule has 42 heavy (non-hydrogen) atoms. The molecule has 4 aromatic rings. The van der Waals surface area contributed by atoms with Crippen molar-refractivity contribution in [1.29, 1.82) is 0 Å². The highest BCUT2D eigenvalue weighted by molar-refractivity contribution is 7.96. The quantitative estimate of drug-likeness (QED) is 0.157. The standard InChI is InChI=1S/C29H25N5O6S2/c1-4-40-29(37)23-24(20-14-6-5-7-15-20)32-41-26(23)31-30-25-27(35)33(21-16-10-8-12-18(21)2)42(38,39)34(28(25)36)22-17-11-9-13-19(22)3/h5-17,25H,4H2,1-3H3. The van der Waals surface area contributed by atoms with E-state index in [2.05, 4.69) is 14.6 Å². The van der Waals surface area contributed by atoms with E-state index in [1.165, 1.54) is 12.1 Å². The first-order valence-corrected chi connectivity index (χ1v) is 15.0. The Kier molecular flexibility index (Phi) is 7.96. The molecule has 1 aliphatic heterocycles. The highest BCUT2D eigenvalue weighted by Crippen LogP contribution is 2.38. The van der Waals surface area contributed by atoms with Gasteiger partial charge in [0.05, 0.1) is 18.0 Å². The molecule has 1 fully saturated rings. The van der Waals surface area contributed by atoms with Crippen LogP contribution < -0.4 is 8.61 Å². The van der Waals surface area contributed by atoms with Gasteiger partial charge in [0, 0.05) is 5.56 Å². The van der Waals surface area contributed by atoms with Gasteiger partial charge >= 0.3 is 16.2 Å². The van der Waals surface area contributed by atoms with Gasteiger partial charge in [-0.25, -0.2) is 4.79 Å². The maximum atomic E-state index is 13.9. The summed E-state index contributed by atoms with van der Waals surface area (Å²) in [7, 11) is -4.71. The Bertz CT molecular complexity index is 1750. The Morgan fingerprint density at radius 3 is 1.93 bits per heavy atom. The van der Waals surface area contributed by atoms with E-state index in [-0.39, 0.29) is 28.5 Å². The molecular weight excluding hydrogens is 578 g/mol. The fraction of sp³-hybridized carbons (Fsp3) is 0.172. The maximum absolute atomic E-state index is 13.9. The number of hydrogen-bond acceptors (Lipinski definition) is 10. The van der Waals surface area contributed by atoms with Crippen LogP contribution in [0, 0.1) is 13.8 Å². The summed E-state index contributed by atoms with van der Waals surface area (Å²) in [5, 5.41) is 8.17. The first-order chi connectivity index (χ1) is 20.2. The van der Waals surface area contributed by atoms with Gasteiger partial charge in [-0.2, -0.15) is 26.5 Å². The molecule has 0 radical (unpaired) electrons. The van der Waals surface area contributed by atoms with Crippen LogP contribution in [-0.4, -0.2) is 43.2 Å². The first-order valence-electron chi connectivity index (χ1n) is 12.8. The molecule has 214 valence electrons. The van der Waals surface area contributed by atoms with E-state index < -0.39 is 34.0 Å². The van der Waals surface area contributed by atoms with Gasteiger partial charge in [0.25, 0.3) is 11.8 Å². The average molecular weight is 604 g/mol. The van der Waals surface area contributed by atoms with Crippen molar-refractivity contribution >= 4 is 55.9 Å². The topological polar surface area (TPSA) is 139 Å². The minimum atomic E-state index is -4.71. The van der Waals surface area contributed by atoms with Gasteiger partial charge in [-0.3, -0.25) is 9.59 Å². The lowest BCUT2D eigenvalue weighted by molar-refractivity contribution is -0.127. The van der Waals surface area contributed by atoms with Crippen LogP contribution in [0.25, 0.3) is 11.3 Å². The lowest BCUT2D eigenvalue weighted by Gasteiger charge is -2.37. The van der Waals surface area contributed by atoms with Gasteiger partial charge in [0.2, 0.25) is 6.04 Å². The number of ether oxygens (including phenoxy) is 1. The second-order valence-electron chi connectivity index (χ2n) is 9.20. The number of benzene rings is 3. The Balaban J connectivity index is 1.65. The zero-order valence-corrected chi connectivity index (χ0v) is 24.4. The van der Waals surface area contributed by atoms with Crippen LogP contribution >= 0.6 is 11.5 Å². The first kappa shape index (κ1) is 28.8. The second kappa shape index (κ2) is 11.6. The van der Waals surface area contributed by atoms with Crippen LogP contribution in [0.15, 0.2) is 89.1 Å². The van der Waals surface area contributed by atoms with Gasteiger partial charge in [0.15, 0.2) is 5.00 Å². The van der Waals surface area contributed by atoms with Crippen LogP contribution in [0.2, 0.25) is 0 Å². The van der Waals surface area contributed by atoms with Crippen LogP contribution in [0.3, 0.4) is 0 Å². The number of anilines is 2. The SMILES string of the molecule is CCOC(=O)c1c(-c2ccccc2)nsc1N=NC1C(=O)N(c2ccccc2C)S(=O)(=O)N(c2ccccc2C)C1=O. The Morgan fingerprint density at radius 2 is 1.40 bits per heavy atom. The third kappa shape index (κ3) is 5.08. The van der Waals surface area contributed by atoms with E-state index >= 15 is 0 Å². The summed E-state index contributed by atoms with van der Waals surface area (Å²) < 4.78 is 38.5. The summed E-state index contributed by atoms with van der Waals surface area (Å²) in [4.78, 5) is 40.5.